The fourth-order valence-electron chi connectivity index (χ4n) is 3.37. The number of carbonyl (C=O) groups excluding carboxylic acids is 1. The summed E-state index contributed by atoms with van der Waals surface area (Å²) in [5, 5.41) is 14.7. The molecule has 144 valence electrons. The number of hydrogen-bond acceptors (Lipinski definition) is 4. The summed E-state index contributed by atoms with van der Waals surface area (Å²) in [5.74, 6) is -0.242. The van der Waals surface area contributed by atoms with E-state index in [-0.39, 0.29) is 5.97 Å². The van der Waals surface area contributed by atoms with Crippen LogP contribution in [0, 0.1) is 0 Å². The molecule has 2 aromatic rings. The highest BCUT2D eigenvalue weighted by atomic mass is 35.5. The van der Waals surface area contributed by atoms with Gasteiger partial charge in [0.05, 0.1) is 18.5 Å². The summed E-state index contributed by atoms with van der Waals surface area (Å²) in [4.78, 5) is 24.1. The first kappa shape index (κ1) is 19.2. The molecule has 1 aromatic heterocycles. The van der Waals surface area contributed by atoms with Crippen molar-refractivity contribution in [2.45, 2.75) is 32.2 Å². The van der Waals surface area contributed by atoms with Crippen LogP contribution in [0.3, 0.4) is 0 Å². The van der Waals surface area contributed by atoms with Crippen molar-refractivity contribution < 1.29 is 19.4 Å². The van der Waals surface area contributed by atoms with Crippen LogP contribution >= 0.6 is 11.6 Å². The van der Waals surface area contributed by atoms with Gasteiger partial charge < -0.3 is 14.7 Å². The average molecular weight is 392 g/mol. The number of fused-ring (bicyclic) bond motifs is 1. The number of aryl methyl sites for hydroxylation is 1. The van der Waals surface area contributed by atoms with E-state index in [1.807, 2.05) is 28.9 Å². The van der Waals surface area contributed by atoms with Crippen LogP contribution in [0.25, 0.3) is 11.3 Å². The first-order valence-corrected chi connectivity index (χ1v) is 9.26. The van der Waals surface area contributed by atoms with Gasteiger partial charge in [0.15, 0.2) is 0 Å². The molecule has 7 nitrogen and oxygen atoms in total. The number of esters is 1. The van der Waals surface area contributed by atoms with Crippen LogP contribution < -0.4 is 0 Å². The number of methoxy groups -OCH3 is 1. The molecule has 27 heavy (non-hydrogen) atoms. The van der Waals surface area contributed by atoms with E-state index in [1.54, 1.807) is 0 Å². The summed E-state index contributed by atoms with van der Waals surface area (Å²) in [6, 6.07) is 7.54. The smallest absolute Gasteiger partial charge is 0.407 e. The molecule has 1 aliphatic rings. The summed E-state index contributed by atoms with van der Waals surface area (Å²) >= 11 is 6.02. The highest BCUT2D eigenvalue weighted by molar-refractivity contribution is 6.30. The Morgan fingerprint density at radius 3 is 2.59 bits per heavy atom. The summed E-state index contributed by atoms with van der Waals surface area (Å²) in [7, 11) is 1.38. The lowest BCUT2D eigenvalue weighted by Crippen LogP contribution is -2.31. The summed E-state index contributed by atoms with van der Waals surface area (Å²) in [6.45, 7) is 1.46. The van der Waals surface area contributed by atoms with Crippen LogP contribution in [0.5, 0.6) is 0 Å². The van der Waals surface area contributed by atoms with E-state index in [2.05, 4.69) is 0 Å². The number of nitrogens with zero attached hydrogens (tertiary/aromatic N) is 3. The number of amides is 1. The van der Waals surface area contributed by atoms with Crippen LogP contribution in [-0.2, 0) is 28.9 Å². The van der Waals surface area contributed by atoms with Crippen molar-refractivity contribution in [3.05, 3.63) is 40.5 Å². The van der Waals surface area contributed by atoms with Crippen molar-refractivity contribution in [2.24, 2.45) is 0 Å². The molecule has 0 fully saturated rings. The SMILES string of the molecule is COC(=O)CCCn1nc2c(c1-c1ccc(Cl)cc1)CCN(C(=O)O)CC2. The number of aromatic nitrogens is 2. The summed E-state index contributed by atoms with van der Waals surface area (Å²) in [5.41, 5.74) is 3.94. The number of benzene rings is 1. The van der Waals surface area contributed by atoms with Gasteiger partial charge in [0, 0.05) is 48.6 Å². The van der Waals surface area contributed by atoms with Crippen molar-refractivity contribution in [1.29, 1.82) is 0 Å². The van der Waals surface area contributed by atoms with Crippen molar-refractivity contribution in [3.63, 3.8) is 0 Å². The van der Waals surface area contributed by atoms with Crippen LogP contribution in [-0.4, -0.2) is 52.0 Å². The molecule has 1 aliphatic heterocycles. The Labute approximate surface area is 162 Å². The monoisotopic (exact) mass is 391 g/mol. The molecule has 1 aromatic carbocycles. The van der Waals surface area contributed by atoms with Gasteiger partial charge in [0.1, 0.15) is 0 Å². The molecule has 2 heterocycles. The summed E-state index contributed by atoms with van der Waals surface area (Å²) < 4.78 is 6.63. The Morgan fingerprint density at radius 1 is 1.22 bits per heavy atom. The van der Waals surface area contributed by atoms with Crippen LogP contribution in [0.15, 0.2) is 24.3 Å². The fourth-order valence-corrected chi connectivity index (χ4v) is 3.50. The second-order valence-electron chi connectivity index (χ2n) is 6.45. The standard InChI is InChI=1S/C19H22ClN3O4/c1-27-17(24)3-2-10-23-18(13-4-6-14(20)7-5-13)15-8-11-22(19(25)26)12-9-16(15)21-23/h4-7H,2-3,8-12H2,1H3,(H,25,26). The normalized spacial score (nSPS) is 13.8. The predicted octanol–water partition coefficient (Wildman–Crippen LogP) is 3.24. The quantitative estimate of drug-likeness (QED) is 0.791. The molecular formula is C19H22ClN3O4. The lowest BCUT2D eigenvalue weighted by atomic mass is 10.0. The number of halogens is 1. The van der Waals surface area contributed by atoms with Crippen LogP contribution in [0.2, 0.25) is 5.02 Å². The summed E-state index contributed by atoms with van der Waals surface area (Å²) in [6.07, 6.45) is 1.23. The minimum absolute atomic E-state index is 0.242. The van der Waals surface area contributed by atoms with E-state index in [4.69, 9.17) is 21.4 Å². The van der Waals surface area contributed by atoms with Crippen molar-refractivity contribution in [3.8, 4) is 11.3 Å². The Hall–Kier alpha value is -2.54. The molecule has 0 atom stereocenters. The third-order valence-corrected chi connectivity index (χ3v) is 5.00. The minimum Gasteiger partial charge on any atom is -0.469 e. The van der Waals surface area contributed by atoms with Gasteiger partial charge >= 0.3 is 12.1 Å². The molecule has 3 rings (SSSR count). The van der Waals surface area contributed by atoms with Crippen molar-refractivity contribution >= 4 is 23.7 Å². The van der Waals surface area contributed by atoms with Crippen LogP contribution in [0.1, 0.15) is 24.1 Å². The first-order chi connectivity index (χ1) is 13.0. The van der Waals surface area contributed by atoms with E-state index in [0.717, 1.165) is 22.5 Å². The molecule has 0 aliphatic carbocycles. The van der Waals surface area contributed by atoms with Gasteiger partial charge in [-0.1, -0.05) is 23.7 Å². The fraction of sp³-hybridized carbons (Fsp3) is 0.421. The molecule has 0 radical (unpaired) electrons. The van der Waals surface area contributed by atoms with E-state index in [0.29, 0.717) is 50.3 Å². The largest absolute Gasteiger partial charge is 0.469 e. The Bertz CT molecular complexity index is 832. The number of carboxylic acid groups (broad SMARTS) is 1. The third-order valence-electron chi connectivity index (χ3n) is 4.75. The number of ether oxygens (including phenoxy) is 1. The zero-order chi connectivity index (χ0) is 19.4. The Morgan fingerprint density at radius 2 is 1.93 bits per heavy atom. The molecule has 0 bridgehead atoms. The van der Waals surface area contributed by atoms with Gasteiger partial charge in [-0.05, 0) is 25.0 Å². The Kier molecular flexibility index (Phi) is 6.01. The molecule has 0 saturated carbocycles. The van der Waals surface area contributed by atoms with E-state index >= 15 is 0 Å². The van der Waals surface area contributed by atoms with Gasteiger partial charge in [-0.3, -0.25) is 9.48 Å². The highest BCUT2D eigenvalue weighted by Gasteiger charge is 2.25. The van der Waals surface area contributed by atoms with Gasteiger partial charge in [-0.25, -0.2) is 4.79 Å². The van der Waals surface area contributed by atoms with Gasteiger partial charge in [-0.15, -0.1) is 0 Å². The molecule has 0 spiro atoms. The van der Waals surface area contributed by atoms with E-state index in [9.17, 15) is 14.7 Å². The zero-order valence-corrected chi connectivity index (χ0v) is 15.9. The van der Waals surface area contributed by atoms with Crippen molar-refractivity contribution in [1.82, 2.24) is 14.7 Å². The van der Waals surface area contributed by atoms with E-state index in [1.165, 1.54) is 12.0 Å². The second-order valence-corrected chi connectivity index (χ2v) is 6.89. The molecule has 1 N–H and O–H groups in total. The maximum atomic E-state index is 11.4. The molecule has 8 heteroatoms. The minimum atomic E-state index is -0.904. The molecular weight excluding hydrogens is 370 g/mol. The lowest BCUT2D eigenvalue weighted by Gasteiger charge is -2.16. The Balaban J connectivity index is 1.92. The van der Waals surface area contributed by atoms with Gasteiger partial charge in [0.25, 0.3) is 0 Å². The van der Waals surface area contributed by atoms with Gasteiger partial charge in [-0.2, -0.15) is 5.10 Å². The predicted molar refractivity (Wildman–Crippen MR) is 101 cm³/mol. The van der Waals surface area contributed by atoms with Gasteiger partial charge in [0.2, 0.25) is 0 Å². The highest BCUT2D eigenvalue weighted by Crippen LogP contribution is 2.30. The maximum Gasteiger partial charge on any atom is 0.407 e. The van der Waals surface area contributed by atoms with Crippen molar-refractivity contribution in [2.75, 3.05) is 20.2 Å². The topological polar surface area (TPSA) is 84.7 Å². The number of rotatable bonds is 5. The molecule has 0 saturated heterocycles. The third kappa shape index (κ3) is 4.42. The first-order valence-electron chi connectivity index (χ1n) is 8.88. The van der Waals surface area contributed by atoms with E-state index < -0.39 is 6.09 Å². The average Bonchev–Trinajstić information content (AvgIpc) is 2.85. The lowest BCUT2D eigenvalue weighted by molar-refractivity contribution is -0.140. The second kappa shape index (κ2) is 8.43. The molecule has 0 unspecified atom stereocenters. The molecule has 1 amide bonds. The van der Waals surface area contributed by atoms with Crippen LogP contribution in [0.4, 0.5) is 4.79 Å². The maximum absolute atomic E-state index is 11.4. The zero-order valence-electron chi connectivity index (χ0n) is 15.2. The number of hydrogen-bond donors (Lipinski definition) is 1. The number of carbonyl (C=O) groups is 2.